The summed E-state index contributed by atoms with van der Waals surface area (Å²) in [6.45, 7) is 8.00. The first-order valence-corrected chi connectivity index (χ1v) is 7.21. The molecule has 0 heterocycles. The Morgan fingerprint density at radius 1 is 0.550 bits per heavy atom. The SMILES string of the molecule is COCCN(C)CCOCCOCCN(C)CCOC. The summed E-state index contributed by atoms with van der Waals surface area (Å²) in [5.41, 5.74) is 0. The second-order valence-corrected chi connectivity index (χ2v) is 4.82. The molecule has 0 amide bonds. The molecule has 6 nitrogen and oxygen atoms in total. The van der Waals surface area contributed by atoms with E-state index in [1.54, 1.807) is 14.2 Å². The van der Waals surface area contributed by atoms with Gasteiger partial charge in [-0.15, -0.1) is 0 Å². The van der Waals surface area contributed by atoms with Crippen LogP contribution in [-0.4, -0.2) is 104 Å². The van der Waals surface area contributed by atoms with Crippen LogP contribution in [0.4, 0.5) is 0 Å². The van der Waals surface area contributed by atoms with Crippen LogP contribution in [0, 0.1) is 0 Å². The first-order valence-electron chi connectivity index (χ1n) is 7.21. The van der Waals surface area contributed by atoms with Gasteiger partial charge in [0.15, 0.2) is 0 Å². The van der Waals surface area contributed by atoms with Crippen molar-refractivity contribution in [2.75, 3.05) is 94.1 Å². The molecule has 0 unspecified atom stereocenters. The molecule has 0 rings (SSSR count). The van der Waals surface area contributed by atoms with Crippen LogP contribution in [0.2, 0.25) is 0 Å². The lowest BCUT2D eigenvalue weighted by Gasteiger charge is -2.17. The Morgan fingerprint density at radius 3 is 1.25 bits per heavy atom. The van der Waals surface area contributed by atoms with Crippen LogP contribution in [0.1, 0.15) is 0 Å². The van der Waals surface area contributed by atoms with E-state index in [1.165, 1.54) is 0 Å². The summed E-state index contributed by atoms with van der Waals surface area (Å²) in [4.78, 5) is 4.38. The summed E-state index contributed by atoms with van der Waals surface area (Å²) >= 11 is 0. The number of methoxy groups -OCH3 is 2. The first kappa shape index (κ1) is 19.8. The molecule has 0 aliphatic heterocycles. The Labute approximate surface area is 123 Å². The van der Waals surface area contributed by atoms with E-state index in [0.717, 1.165) is 52.6 Å². The number of likely N-dealkylation sites (N-methyl/N-ethyl adjacent to an activating group) is 2. The van der Waals surface area contributed by atoms with Crippen molar-refractivity contribution in [2.24, 2.45) is 0 Å². The molecule has 0 atom stereocenters. The Kier molecular flexibility index (Phi) is 15.0. The minimum atomic E-state index is 0.653. The lowest BCUT2D eigenvalue weighted by Crippen LogP contribution is -2.28. The van der Waals surface area contributed by atoms with Gasteiger partial charge in [0.05, 0.1) is 39.6 Å². The zero-order valence-electron chi connectivity index (χ0n) is 13.6. The monoisotopic (exact) mass is 292 g/mol. The quantitative estimate of drug-likeness (QED) is 0.401. The van der Waals surface area contributed by atoms with E-state index in [0.29, 0.717) is 13.2 Å². The van der Waals surface area contributed by atoms with Gasteiger partial charge in [-0.1, -0.05) is 0 Å². The van der Waals surface area contributed by atoms with Gasteiger partial charge in [-0.25, -0.2) is 0 Å². The average molecular weight is 292 g/mol. The maximum atomic E-state index is 5.52. The Bertz CT molecular complexity index is 176. The first-order chi connectivity index (χ1) is 9.70. The maximum Gasteiger partial charge on any atom is 0.0701 e. The van der Waals surface area contributed by atoms with E-state index in [4.69, 9.17) is 18.9 Å². The van der Waals surface area contributed by atoms with E-state index in [2.05, 4.69) is 23.9 Å². The molecule has 20 heavy (non-hydrogen) atoms. The fourth-order valence-corrected chi connectivity index (χ4v) is 1.48. The summed E-state index contributed by atoms with van der Waals surface area (Å²) in [6, 6.07) is 0. The van der Waals surface area contributed by atoms with E-state index >= 15 is 0 Å². The van der Waals surface area contributed by atoms with Gasteiger partial charge in [0.2, 0.25) is 0 Å². The van der Waals surface area contributed by atoms with Gasteiger partial charge in [0.25, 0.3) is 0 Å². The molecular formula is C14H32N2O4. The highest BCUT2D eigenvalue weighted by Crippen LogP contribution is 1.87. The number of hydrogen-bond donors (Lipinski definition) is 0. The topological polar surface area (TPSA) is 43.4 Å². The summed E-state index contributed by atoms with van der Waals surface area (Å²) in [5, 5.41) is 0. The van der Waals surface area contributed by atoms with Gasteiger partial charge in [-0.3, -0.25) is 0 Å². The highest BCUT2D eigenvalue weighted by atomic mass is 16.5. The molecule has 0 saturated carbocycles. The fourth-order valence-electron chi connectivity index (χ4n) is 1.48. The van der Waals surface area contributed by atoms with Gasteiger partial charge in [0.1, 0.15) is 0 Å². The molecule has 0 fully saturated rings. The Balaban J connectivity index is 3.16. The van der Waals surface area contributed by atoms with Crippen molar-refractivity contribution in [3.8, 4) is 0 Å². The third-order valence-corrected chi connectivity index (χ3v) is 2.96. The summed E-state index contributed by atoms with van der Waals surface area (Å²) in [7, 11) is 7.56. The lowest BCUT2D eigenvalue weighted by molar-refractivity contribution is 0.0316. The highest BCUT2D eigenvalue weighted by Gasteiger charge is 1.99. The predicted octanol–water partition coefficient (Wildman–Crippen LogP) is 0.176. The van der Waals surface area contributed by atoms with Crippen molar-refractivity contribution in [3.63, 3.8) is 0 Å². The van der Waals surface area contributed by atoms with Gasteiger partial charge in [-0.05, 0) is 14.1 Å². The molecule has 0 aliphatic rings. The molecule has 0 spiro atoms. The van der Waals surface area contributed by atoms with Crippen LogP contribution in [0.15, 0.2) is 0 Å². The second-order valence-electron chi connectivity index (χ2n) is 4.82. The molecule has 0 aromatic carbocycles. The Hall–Kier alpha value is -0.240. The van der Waals surface area contributed by atoms with E-state index in [-0.39, 0.29) is 0 Å². The fraction of sp³-hybridized carbons (Fsp3) is 1.00. The van der Waals surface area contributed by atoms with Gasteiger partial charge in [0, 0.05) is 40.4 Å². The molecule has 0 aromatic rings. The highest BCUT2D eigenvalue weighted by molar-refractivity contribution is 4.50. The zero-order valence-corrected chi connectivity index (χ0v) is 13.6. The van der Waals surface area contributed by atoms with Crippen LogP contribution < -0.4 is 0 Å². The predicted molar refractivity (Wildman–Crippen MR) is 80.4 cm³/mol. The summed E-state index contributed by atoms with van der Waals surface area (Å²) < 4.78 is 21.1. The van der Waals surface area contributed by atoms with Crippen LogP contribution >= 0.6 is 0 Å². The van der Waals surface area contributed by atoms with Gasteiger partial charge >= 0.3 is 0 Å². The van der Waals surface area contributed by atoms with Gasteiger partial charge < -0.3 is 28.7 Å². The minimum absolute atomic E-state index is 0.653. The molecule has 0 saturated heterocycles. The number of ether oxygens (including phenoxy) is 4. The second kappa shape index (κ2) is 15.2. The molecule has 6 heteroatoms. The lowest BCUT2D eigenvalue weighted by atomic mass is 10.5. The number of hydrogen-bond acceptors (Lipinski definition) is 6. The molecule has 0 radical (unpaired) electrons. The third-order valence-electron chi connectivity index (χ3n) is 2.96. The van der Waals surface area contributed by atoms with Crippen molar-refractivity contribution in [3.05, 3.63) is 0 Å². The van der Waals surface area contributed by atoms with E-state index in [1.807, 2.05) is 0 Å². The standard InChI is InChI=1S/C14H32N2O4/c1-15(5-9-17-3)7-11-19-13-14-20-12-8-16(2)6-10-18-4/h5-14H2,1-4H3. The molecular weight excluding hydrogens is 260 g/mol. The van der Waals surface area contributed by atoms with Crippen LogP contribution in [0.5, 0.6) is 0 Å². The molecule has 0 aromatic heterocycles. The Morgan fingerprint density at radius 2 is 0.900 bits per heavy atom. The normalized spacial score (nSPS) is 11.7. The third kappa shape index (κ3) is 14.2. The van der Waals surface area contributed by atoms with Gasteiger partial charge in [-0.2, -0.15) is 0 Å². The van der Waals surface area contributed by atoms with Crippen LogP contribution in [-0.2, 0) is 18.9 Å². The molecule has 0 N–H and O–H groups in total. The van der Waals surface area contributed by atoms with E-state index in [9.17, 15) is 0 Å². The molecule has 0 bridgehead atoms. The van der Waals surface area contributed by atoms with Crippen LogP contribution in [0.25, 0.3) is 0 Å². The van der Waals surface area contributed by atoms with Crippen molar-refractivity contribution < 1.29 is 18.9 Å². The summed E-state index contributed by atoms with van der Waals surface area (Å²) in [5.74, 6) is 0. The number of rotatable bonds is 15. The number of nitrogens with zero attached hydrogens (tertiary/aromatic N) is 2. The largest absolute Gasteiger partial charge is 0.383 e. The molecule has 122 valence electrons. The van der Waals surface area contributed by atoms with E-state index < -0.39 is 0 Å². The maximum absolute atomic E-state index is 5.52. The van der Waals surface area contributed by atoms with Crippen molar-refractivity contribution in [2.45, 2.75) is 0 Å². The van der Waals surface area contributed by atoms with Crippen molar-refractivity contribution >= 4 is 0 Å². The van der Waals surface area contributed by atoms with Crippen molar-refractivity contribution in [1.82, 2.24) is 9.80 Å². The molecule has 0 aliphatic carbocycles. The minimum Gasteiger partial charge on any atom is -0.383 e. The summed E-state index contributed by atoms with van der Waals surface area (Å²) in [6.07, 6.45) is 0. The van der Waals surface area contributed by atoms with Crippen LogP contribution in [0.3, 0.4) is 0 Å². The zero-order chi connectivity index (χ0) is 15.1. The smallest absolute Gasteiger partial charge is 0.0701 e. The van der Waals surface area contributed by atoms with Crippen molar-refractivity contribution in [1.29, 1.82) is 0 Å². The average Bonchev–Trinajstić information content (AvgIpc) is 2.45.